The number of hydrogen-bond donors (Lipinski definition) is 1. The molecule has 0 spiro atoms. The highest BCUT2D eigenvalue weighted by atomic mass is 79.9. The predicted molar refractivity (Wildman–Crippen MR) is 101 cm³/mol. The molecule has 138 valence electrons. The van der Waals surface area contributed by atoms with Crippen molar-refractivity contribution in [3.63, 3.8) is 0 Å². The smallest absolute Gasteiger partial charge is 0.233 e. The lowest BCUT2D eigenvalue weighted by atomic mass is 9.81. The first kappa shape index (κ1) is 17.7. The van der Waals surface area contributed by atoms with E-state index in [4.69, 9.17) is 0 Å². The van der Waals surface area contributed by atoms with Crippen molar-refractivity contribution < 1.29 is 14.4 Å². The predicted octanol–water partition coefficient (Wildman–Crippen LogP) is 3.37. The molecule has 4 atom stereocenters. The van der Waals surface area contributed by atoms with Gasteiger partial charge in [0.1, 0.15) is 0 Å². The van der Waals surface area contributed by atoms with E-state index in [1.54, 1.807) is 0 Å². The number of likely N-dealkylation sites (tertiary alicyclic amines) is 1. The minimum Gasteiger partial charge on any atom is -0.326 e. The minimum atomic E-state index is -0.164. The maximum Gasteiger partial charge on any atom is 0.233 e. The van der Waals surface area contributed by atoms with Crippen LogP contribution in [0.15, 0.2) is 22.7 Å². The summed E-state index contributed by atoms with van der Waals surface area (Å²) >= 11 is 3.44. The number of imide groups is 1. The molecule has 3 fully saturated rings. The molecule has 2 bridgehead atoms. The zero-order valence-corrected chi connectivity index (χ0v) is 16.4. The second-order valence-electron chi connectivity index (χ2n) is 7.67. The van der Waals surface area contributed by atoms with E-state index in [1.165, 1.54) is 4.90 Å². The Bertz CT molecular complexity index is 750. The Balaban J connectivity index is 1.38. The minimum absolute atomic E-state index is 0.0436. The normalized spacial score (nSPS) is 29.4. The summed E-state index contributed by atoms with van der Waals surface area (Å²) in [7, 11) is 0. The number of hydrogen-bond acceptors (Lipinski definition) is 3. The maximum atomic E-state index is 12.7. The SMILES string of the molecule is CCc1cc(Br)ccc1NC(=O)CCN1C(=O)[C@@H]2[C@@H]3CC[C@@H](C3)[C@@H]2C1=O. The number of benzene rings is 1. The Morgan fingerprint density at radius 3 is 2.46 bits per heavy atom. The molecule has 1 N–H and O–H groups in total. The second-order valence-corrected chi connectivity index (χ2v) is 8.58. The van der Waals surface area contributed by atoms with Crippen LogP contribution in [0.3, 0.4) is 0 Å². The van der Waals surface area contributed by atoms with Crippen LogP contribution in [0.4, 0.5) is 5.69 Å². The monoisotopic (exact) mass is 418 g/mol. The number of carbonyl (C=O) groups is 3. The van der Waals surface area contributed by atoms with Crippen LogP contribution in [0.2, 0.25) is 0 Å². The van der Waals surface area contributed by atoms with Crippen LogP contribution in [-0.4, -0.2) is 29.2 Å². The van der Waals surface area contributed by atoms with Gasteiger partial charge in [-0.25, -0.2) is 0 Å². The van der Waals surface area contributed by atoms with Gasteiger partial charge in [0.25, 0.3) is 0 Å². The number of aryl methyl sites for hydroxylation is 1. The number of carbonyl (C=O) groups excluding carboxylic acids is 3. The summed E-state index contributed by atoms with van der Waals surface area (Å²) < 4.78 is 0.974. The summed E-state index contributed by atoms with van der Waals surface area (Å²) in [6, 6.07) is 5.74. The molecule has 5 nitrogen and oxygen atoms in total. The van der Waals surface area contributed by atoms with Crippen molar-refractivity contribution in [2.45, 2.75) is 39.0 Å². The van der Waals surface area contributed by atoms with E-state index >= 15 is 0 Å². The Morgan fingerprint density at radius 2 is 1.85 bits per heavy atom. The summed E-state index contributed by atoms with van der Waals surface area (Å²) in [4.78, 5) is 39.0. The first-order valence-electron chi connectivity index (χ1n) is 9.43. The van der Waals surface area contributed by atoms with Gasteiger partial charge in [0.2, 0.25) is 17.7 Å². The number of rotatable bonds is 5. The van der Waals surface area contributed by atoms with Crippen molar-refractivity contribution in [3.8, 4) is 0 Å². The third kappa shape index (κ3) is 2.88. The molecule has 6 heteroatoms. The fourth-order valence-electron chi connectivity index (χ4n) is 5.09. The van der Waals surface area contributed by atoms with Crippen LogP contribution < -0.4 is 5.32 Å². The highest BCUT2D eigenvalue weighted by molar-refractivity contribution is 9.10. The molecule has 0 radical (unpaired) electrons. The van der Waals surface area contributed by atoms with Crippen LogP contribution in [0.5, 0.6) is 0 Å². The standard InChI is InChI=1S/C20H23BrN2O3/c1-2-11-10-14(21)5-6-15(11)22-16(24)7-8-23-19(25)17-12-3-4-13(9-12)18(17)20(23)26/h5-6,10,12-13,17-18H,2-4,7-9H2,1H3,(H,22,24)/t12-,13+,17-,18+. The fourth-order valence-corrected chi connectivity index (χ4v) is 5.50. The van der Waals surface area contributed by atoms with Gasteiger partial charge in [-0.2, -0.15) is 0 Å². The lowest BCUT2D eigenvalue weighted by molar-refractivity contribution is -0.140. The molecule has 1 heterocycles. The average molecular weight is 419 g/mol. The lowest BCUT2D eigenvalue weighted by Gasteiger charge is -2.19. The highest BCUT2D eigenvalue weighted by Gasteiger charge is 2.60. The van der Waals surface area contributed by atoms with E-state index in [-0.39, 0.29) is 42.5 Å². The van der Waals surface area contributed by atoms with Crippen LogP contribution in [-0.2, 0) is 20.8 Å². The topological polar surface area (TPSA) is 66.5 Å². The summed E-state index contributed by atoms with van der Waals surface area (Å²) in [5, 5.41) is 2.91. The third-order valence-electron chi connectivity index (χ3n) is 6.30. The number of nitrogens with zero attached hydrogens (tertiary/aromatic N) is 1. The van der Waals surface area contributed by atoms with Gasteiger partial charge in [-0.15, -0.1) is 0 Å². The van der Waals surface area contributed by atoms with Gasteiger partial charge >= 0.3 is 0 Å². The number of nitrogens with one attached hydrogen (secondary N) is 1. The van der Waals surface area contributed by atoms with Crippen LogP contribution >= 0.6 is 15.9 Å². The van der Waals surface area contributed by atoms with Gasteiger partial charge in [-0.05, 0) is 61.3 Å². The maximum absolute atomic E-state index is 12.7. The van der Waals surface area contributed by atoms with Gasteiger partial charge in [-0.1, -0.05) is 22.9 Å². The molecule has 3 amide bonds. The van der Waals surface area contributed by atoms with Crippen molar-refractivity contribution in [1.82, 2.24) is 4.90 Å². The number of halogens is 1. The number of fused-ring (bicyclic) bond motifs is 5. The lowest BCUT2D eigenvalue weighted by Crippen LogP contribution is -2.35. The molecule has 1 saturated heterocycles. The van der Waals surface area contributed by atoms with E-state index in [1.807, 2.05) is 25.1 Å². The fraction of sp³-hybridized carbons (Fsp3) is 0.550. The molecule has 1 aliphatic heterocycles. The van der Waals surface area contributed by atoms with E-state index in [0.717, 1.165) is 41.4 Å². The van der Waals surface area contributed by atoms with Gasteiger partial charge in [0.15, 0.2) is 0 Å². The zero-order chi connectivity index (χ0) is 18.4. The van der Waals surface area contributed by atoms with E-state index in [0.29, 0.717) is 11.8 Å². The largest absolute Gasteiger partial charge is 0.326 e. The molecule has 3 aliphatic rings. The van der Waals surface area contributed by atoms with E-state index < -0.39 is 0 Å². The summed E-state index contributed by atoms with van der Waals surface area (Å²) in [5.74, 6) is 0.300. The van der Waals surface area contributed by atoms with Crippen LogP contribution in [0.1, 0.15) is 38.2 Å². The Labute approximate surface area is 161 Å². The second kappa shape index (κ2) is 6.80. The molecular formula is C20H23BrN2O3. The molecule has 2 aliphatic carbocycles. The molecule has 1 aromatic carbocycles. The molecule has 1 aromatic rings. The Kier molecular flexibility index (Phi) is 4.63. The van der Waals surface area contributed by atoms with Crippen molar-refractivity contribution in [2.75, 3.05) is 11.9 Å². The van der Waals surface area contributed by atoms with Gasteiger partial charge < -0.3 is 5.32 Å². The molecule has 26 heavy (non-hydrogen) atoms. The number of amides is 3. The van der Waals surface area contributed by atoms with Crippen LogP contribution in [0, 0.1) is 23.7 Å². The van der Waals surface area contributed by atoms with E-state index in [2.05, 4.69) is 21.2 Å². The molecular weight excluding hydrogens is 396 g/mol. The van der Waals surface area contributed by atoms with Crippen molar-refractivity contribution >= 4 is 39.3 Å². The third-order valence-corrected chi connectivity index (χ3v) is 6.80. The van der Waals surface area contributed by atoms with E-state index in [9.17, 15) is 14.4 Å². The van der Waals surface area contributed by atoms with Crippen molar-refractivity contribution in [2.24, 2.45) is 23.7 Å². The van der Waals surface area contributed by atoms with Gasteiger partial charge in [0.05, 0.1) is 11.8 Å². The average Bonchev–Trinajstić information content (AvgIpc) is 3.29. The molecule has 0 aromatic heterocycles. The zero-order valence-electron chi connectivity index (χ0n) is 14.8. The molecule has 2 saturated carbocycles. The highest BCUT2D eigenvalue weighted by Crippen LogP contribution is 2.56. The summed E-state index contributed by atoms with van der Waals surface area (Å²) in [5.41, 5.74) is 1.84. The Morgan fingerprint density at radius 1 is 1.19 bits per heavy atom. The summed E-state index contributed by atoms with van der Waals surface area (Å²) in [6.45, 7) is 2.22. The first-order valence-corrected chi connectivity index (χ1v) is 10.2. The van der Waals surface area contributed by atoms with Crippen molar-refractivity contribution in [1.29, 1.82) is 0 Å². The quantitative estimate of drug-likeness (QED) is 0.745. The first-order chi connectivity index (χ1) is 12.5. The Hall–Kier alpha value is -1.69. The number of anilines is 1. The summed E-state index contributed by atoms with van der Waals surface area (Å²) in [6.07, 6.45) is 4.13. The van der Waals surface area contributed by atoms with Gasteiger partial charge in [0, 0.05) is 23.1 Å². The molecule has 0 unspecified atom stereocenters. The van der Waals surface area contributed by atoms with Crippen LogP contribution in [0.25, 0.3) is 0 Å². The van der Waals surface area contributed by atoms with Gasteiger partial charge in [-0.3, -0.25) is 19.3 Å². The van der Waals surface area contributed by atoms with Crippen molar-refractivity contribution in [3.05, 3.63) is 28.2 Å². The molecule has 4 rings (SSSR count).